The Balaban J connectivity index is 1.73. The van der Waals surface area contributed by atoms with Gasteiger partial charge in [0.15, 0.2) is 5.78 Å². The number of rotatable bonds is 4. The van der Waals surface area contributed by atoms with Gasteiger partial charge in [0.1, 0.15) is 0 Å². The Morgan fingerprint density at radius 3 is 2.38 bits per heavy atom. The molecular formula is C19H27NO. The van der Waals surface area contributed by atoms with Crippen LogP contribution in [0.5, 0.6) is 0 Å². The number of carbonyl (C=O) groups is 1. The monoisotopic (exact) mass is 285 g/mol. The van der Waals surface area contributed by atoms with Crippen LogP contribution in [0.4, 0.5) is 0 Å². The topological polar surface area (TPSA) is 20.3 Å². The molecule has 114 valence electrons. The van der Waals surface area contributed by atoms with Gasteiger partial charge in [-0.15, -0.1) is 0 Å². The Labute approximate surface area is 128 Å². The maximum Gasteiger partial charge on any atom is 0.166 e. The highest BCUT2D eigenvalue weighted by Crippen LogP contribution is 2.28. The minimum absolute atomic E-state index is 0.279. The lowest BCUT2D eigenvalue weighted by Gasteiger charge is -2.28. The summed E-state index contributed by atoms with van der Waals surface area (Å²) in [7, 11) is 0. The quantitative estimate of drug-likeness (QED) is 0.762. The maximum atomic E-state index is 12.8. The van der Waals surface area contributed by atoms with Crippen LogP contribution >= 0.6 is 0 Å². The zero-order valence-corrected chi connectivity index (χ0v) is 13.0. The molecule has 0 unspecified atom stereocenters. The lowest BCUT2D eigenvalue weighted by Crippen LogP contribution is -2.30. The van der Waals surface area contributed by atoms with E-state index in [9.17, 15) is 4.79 Å². The summed E-state index contributed by atoms with van der Waals surface area (Å²) in [6.45, 7) is 3.33. The van der Waals surface area contributed by atoms with E-state index in [1.165, 1.54) is 57.2 Å². The minimum atomic E-state index is 0.279. The molecule has 0 spiro atoms. The Bertz CT molecular complexity index is 470. The average Bonchev–Trinajstić information content (AvgIpc) is 2.56. The Hall–Kier alpha value is -1.15. The highest BCUT2D eigenvalue weighted by Gasteiger charge is 2.24. The highest BCUT2D eigenvalue weighted by atomic mass is 16.1. The molecule has 1 aromatic rings. The lowest BCUT2D eigenvalue weighted by atomic mass is 9.82. The molecule has 1 heterocycles. The lowest BCUT2D eigenvalue weighted by molar-refractivity contribution is 0.0887. The minimum Gasteiger partial charge on any atom is -0.299 e. The van der Waals surface area contributed by atoms with Crippen molar-refractivity contribution in [3.05, 3.63) is 35.4 Å². The fraction of sp³-hybridized carbons (Fsp3) is 0.632. The molecule has 1 aliphatic heterocycles. The number of carbonyl (C=O) groups excluding carboxylic acids is 1. The molecule has 2 fully saturated rings. The van der Waals surface area contributed by atoms with Crippen LogP contribution < -0.4 is 0 Å². The third kappa shape index (κ3) is 3.74. The van der Waals surface area contributed by atoms with Crippen LogP contribution in [-0.4, -0.2) is 23.8 Å². The van der Waals surface area contributed by atoms with Crippen molar-refractivity contribution in [3.63, 3.8) is 0 Å². The van der Waals surface area contributed by atoms with E-state index in [4.69, 9.17) is 0 Å². The van der Waals surface area contributed by atoms with Gasteiger partial charge in [-0.3, -0.25) is 9.69 Å². The van der Waals surface area contributed by atoms with Crippen LogP contribution in [0.1, 0.15) is 67.3 Å². The summed E-state index contributed by atoms with van der Waals surface area (Å²) in [6, 6.07) is 8.31. The number of hydrogen-bond donors (Lipinski definition) is 0. The van der Waals surface area contributed by atoms with Gasteiger partial charge in [-0.25, -0.2) is 0 Å². The van der Waals surface area contributed by atoms with Crippen LogP contribution in [0.3, 0.4) is 0 Å². The molecule has 0 atom stereocenters. The SMILES string of the molecule is O=C(c1ccccc1CN1CCCCC1)C1CCCCC1. The fourth-order valence-corrected chi connectivity index (χ4v) is 3.84. The Morgan fingerprint density at radius 2 is 1.62 bits per heavy atom. The van der Waals surface area contributed by atoms with Crippen molar-refractivity contribution in [3.8, 4) is 0 Å². The van der Waals surface area contributed by atoms with E-state index in [2.05, 4.69) is 23.1 Å². The van der Waals surface area contributed by atoms with Crippen LogP contribution in [0.15, 0.2) is 24.3 Å². The number of nitrogens with zero attached hydrogens (tertiary/aromatic N) is 1. The molecule has 2 nitrogen and oxygen atoms in total. The zero-order valence-electron chi connectivity index (χ0n) is 13.0. The first kappa shape index (κ1) is 14.8. The molecular weight excluding hydrogens is 258 g/mol. The number of likely N-dealkylation sites (tertiary alicyclic amines) is 1. The van der Waals surface area contributed by atoms with E-state index < -0.39 is 0 Å². The maximum absolute atomic E-state index is 12.8. The first-order chi connectivity index (χ1) is 10.3. The van der Waals surface area contributed by atoms with Crippen LogP contribution in [0.25, 0.3) is 0 Å². The van der Waals surface area contributed by atoms with E-state index in [0.29, 0.717) is 5.78 Å². The van der Waals surface area contributed by atoms with Gasteiger partial charge < -0.3 is 0 Å². The summed E-state index contributed by atoms with van der Waals surface area (Å²) in [5.74, 6) is 0.684. The molecule has 0 amide bonds. The average molecular weight is 285 g/mol. The first-order valence-electron chi connectivity index (χ1n) is 8.69. The van der Waals surface area contributed by atoms with Crippen molar-refractivity contribution in [1.29, 1.82) is 0 Å². The van der Waals surface area contributed by atoms with Gasteiger partial charge in [-0.05, 0) is 44.3 Å². The largest absolute Gasteiger partial charge is 0.299 e. The normalized spacial score (nSPS) is 21.3. The molecule has 1 aromatic carbocycles. The van der Waals surface area contributed by atoms with E-state index in [-0.39, 0.29) is 5.92 Å². The van der Waals surface area contributed by atoms with Gasteiger partial charge in [-0.1, -0.05) is 49.9 Å². The number of hydrogen-bond acceptors (Lipinski definition) is 2. The molecule has 2 heteroatoms. The summed E-state index contributed by atoms with van der Waals surface area (Å²) in [6.07, 6.45) is 9.92. The summed E-state index contributed by atoms with van der Waals surface area (Å²) in [5, 5.41) is 0. The second-order valence-electron chi connectivity index (χ2n) is 6.69. The molecule has 1 saturated carbocycles. The van der Waals surface area contributed by atoms with Crippen LogP contribution in [0, 0.1) is 5.92 Å². The third-order valence-electron chi connectivity index (χ3n) is 5.10. The van der Waals surface area contributed by atoms with E-state index >= 15 is 0 Å². The molecule has 1 saturated heterocycles. The predicted molar refractivity (Wildman–Crippen MR) is 86.5 cm³/mol. The summed E-state index contributed by atoms with van der Waals surface area (Å²) >= 11 is 0. The highest BCUT2D eigenvalue weighted by molar-refractivity contribution is 5.99. The number of piperidine rings is 1. The molecule has 0 bridgehead atoms. The predicted octanol–water partition coefficient (Wildman–Crippen LogP) is 4.44. The van der Waals surface area contributed by atoms with Gasteiger partial charge in [0.25, 0.3) is 0 Å². The van der Waals surface area contributed by atoms with E-state index in [0.717, 1.165) is 24.9 Å². The smallest absolute Gasteiger partial charge is 0.166 e. The van der Waals surface area contributed by atoms with Crippen molar-refractivity contribution < 1.29 is 4.79 Å². The van der Waals surface area contributed by atoms with Crippen LogP contribution in [-0.2, 0) is 6.54 Å². The Morgan fingerprint density at radius 1 is 0.952 bits per heavy atom. The number of benzene rings is 1. The second kappa shape index (κ2) is 7.22. The molecule has 0 N–H and O–H groups in total. The number of ketones is 1. The van der Waals surface area contributed by atoms with Gasteiger partial charge in [-0.2, -0.15) is 0 Å². The van der Waals surface area contributed by atoms with Crippen molar-refractivity contribution in [2.45, 2.75) is 57.9 Å². The number of Topliss-reactive ketones (excluding diaryl/α,β-unsaturated/α-hetero) is 1. The molecule has 2 aliphatic rings. The van der Waals surface area contributed by atoms with Crippen molar-refractivity contribution in [1.82, 2.24) is 4.90 Å². The summed E-state index contributed by atoms with van der Waals surface area (Å²) in [5.41, 5.74) is 2.24. The third-order valence-corrected chi connectivity index (χ3v) is 5.10. The molecule has 21 heavy (non-hydrogen) atoms. The van der Waals surface area contributed by atoms with Gasteiger partial charge in [0, 0.05) is 18.0 Å². The zero-order chi connectivity index (χ0) is 14.5. The fourth-order valence-electron chi connectivity index (χ4n) is 3.84. The van der Waals surface area contributed by atoms with E-state index in [1.807, 2.05) is 6.07 Å². The second-order valence-corrected chi connectivity index (χ2v) is 6.69. The van der Waals surface area contributed by atoms with E-state index in [1.54, 1.807) is 0 Å². The van der Waals surface area contributed by atoms with Crippen LogP contribution in [0.2, 0.25) is 0 Å². The Kier molecular flexibility index (Phi) is 5.08. The molecule has 1 aliphatic carbocycles. The van der Waals surface area contributed by atoms with Gasteiger partial charge in [0.05, 0.1) is 0 Å². The standard InChI is InChI=1S/C19H27NO/c21-19(16-9-3-1-4-10-16)18-12-6-5-11-17(18)15-20-13-7-2-8-14-20/h5-6,11-12,16H,1-4,7-10,13-15H2. The first-order valence-corrected chi connectivity index (χ1v) is 8.69. The van der Waals surface area contributed by atoms with Crippen molar-refractivity contribution in [2.75, 3.05) is 13.1 Å². The molecule has 3 rings (SSSR count). The molecule has 0 radical (unpaired) electrons. The van der Waals surface area contributed by atoms with Gasteiger partial charge in [0.2, 0.25) is 0 Å². The summed E-state index contributed by atoms with van der Waals surface area (Å²) in [4.78, 5) is 15.4. The van der Waals surface area contributed by atoms with Gasteiger partial charge >= 0.3 is 0 Å². The molecule has 0 aromatic heterocycles. The van der Waals surface area contributed by atoms with Crippen molar-refractivity contribution in [2.24, 2.45) is 5.92 Å². The van der Waals surface area contributed by atoms with Crippen molar-refractivity contribution >= 4 is 5.78 Å². The summed E-state index contributed by atoms with van der Waals surface area (Å²) < 4.78 is 0.